The molecule has 0 amide bonds. The fraction of sp³-hybridized carbons (Fsp3) is 0.750. The maximum absolute atomic E-state index is 13.1. The van der Waals surface area contributed by atoms with Crippen LogP contribution in [0.4, 0.5) is 48.3 Å². The number of rotatable bonds is 4. The highest BCUT2D eigenvalue weighted by atomic mass is 127. The highest BCUT2D eigenvalue weighted by Gasteiger charge is 2.89. The molecule has 0 fully saturated rings. The summed E-state index contributed by atoms with van der Waals surface area (Å²) in [5.74, 6) is -13.4. The fourth-order valence-electron chi connectivity index (χ4n) is 1.08. The Morgan fingerprint density at radius 1 is 0.810 bits per heavy atom. The van der Waals surface area contributed by atoms with Gasteiger partial charge in [0, 0.05) is 9.66 Å². The molecular weight excluding hydrogens is 448 g/mol. The third-order valence-electron chi connectivity index (χ3n) is 2.12. The molecule has 0 saturated heterocycles. The molecule has 0 rings (SSSR count). The molecule has 21 heavy (non-hydrogen) atoms. The molecule has 0 unspecified atom stereocenters. The average molecular weight is 452 g/mol. The van der Waals surface area contributed by atoms with E-state index in [1.807, 2.05) is 0 Å². The van der Waals surface area contributed by atoms with E-state index in [1.165, 1.54) is 0 Å². The number of aliphatic hydroxyl groups is 1. The zero-order valence-electron chi connectivity index (χ0n) is 9.27. The van der Waals surface area contributed by atoms with Crippen LogP contribution in [0.1, 0.15) is 0 Å². The van der Waals surface area contributed by atoms with Crippen LogP contribution in [0.25, 0.3) is 0 Å². The van der Waals surface area contributed by atoms with E-state index in [4.69, 9.17) is 5.11 Å². The standard InChI is InChI=1S/C8H4F11IO/c9-4(10,1-3(20)2-21)6(12,13)5(11,7(14,15)16)8(17,18)19/h1,21H,2H2/b3-1-. The molecule has 0 spiro atoms. The normalized spacial score (nSPS) is 16.3. The Morgan fingerprint density at radius 2 is 1.14 bits per heavy atom. The molecule has 0 atom stereocenters. The number of halogens is 12. The zero-order chi connectivity index (χ0) is 17.5. The Labute approximate surface area is 122 Å². The van der Waals surface area contributed by atoms with Crippen molar-refractivity contribution in [1.82, 2.24) is 0 Å². The van der Waals surface area contributed by atoms with E-state index in [1.54, 1.807) is 0 Å². The number of alkyl halides is 11. The van der Waals surface area contributed by atoms with Gasteiger partial charge in [0.15, 0.2) is 0 Å². The van der Waals surface area contributed by atoms with E-state index < -0.39 is 46.1 Å². The fourth-order valence-corrected chi connectivity index (χ4v) is 1.47. The van der Waals surface area contributed by atoms with Gasteiger partial charge in [0.05, 0.1) is 6.61 Å². The summed E-state index contributed by atoms with van der Waals surface area (Å²) in [6.45, 7) is -1.37. The zero-order valence-corrected chi connectivity index (χ0v) is 11.4. The van der Waals surface area contributed by atoms with Crippen LogP contribution in [0.15, 0.2) is 9.66 Å². The Bertz CT molecular complexity index is 393. The lowest BCUT2D eigenvalue weighted by Crippen LogP contribution is -2.69. The molecular formula is C8H4F11IO. The van der Waals surface area contributed by atoms with Crippen LogP contribution in [0, 0.1) is 0 Å². The molecule has 126 valence electrons. The van der Waals surface area contributed by atoms with Crippen molar-refractivity contribution in [1.29, 1.82) is 0 Å². The molecule has 0 saturated carbocycles. The number of allylic oxidation sites excluding steroid dienone is 1. The molecule has 1 N–H and O–H groups in total. The molecule has 0 aliphatic rings. The van der Waals surface area contributed by atoms with Crippen molar-refractivity contribution >= 4 is 22.6 Å². The van der Waals surface area contributed by atoms with Crippen LogP contribution >= 0.6 is 22.6 Å². The number of aliphatic hydroxyl groups excluding tert-OH is 1. The monoisotopic (exact) mass is 452 g/mol. The first-order valence-electron chi connectivity index (χ1n) is 4.51. The van der Waals surface area contributed by atoms with Crippen molar-refractivity contribution in [2.75, 3.05) is 6.61 Å². The summed E-state index contributed by atoms with van der Waals surface area (Å²) in [6.07, 6.45) is -15.8. The van der Waals surface area contributed by atoms with E-state index in [2.05, 4.69) is 0 Å². The van der Waals surface area contributed by atoms with Crippen LogP contribution in [0.3, 0.4) is 0 Å². The first-order valence-corrected chi connectivity index (χ1v) is 5.59. The maximum Gasteiger partial charge on any atom is 0.438 e. The second-order valence-electron chi connectivity index (χ2n) is 3.60. The van der Waals surface area contributed by atoms with Gasteiger partial charge in [-0.1, -0.05) is 0 Å². The van der Waals surface area contributed by atoms with E-state index in [-0.39, 0.29) is 0 Å². The minimum absolute atomic E-state index is 0.754. The number of hydrogen-bond donors (Lipinski definition) is 1. The van der Waals surface area contributed by atoms with Crippen molar-refractivity contribution in [3.63, 3.8) is 0 Å². The van der Waals surface area contributed by atoms with Gasteiger partial charge in [0.25, 0.3) is 0 Å². The summed E-state index contributed by atoms with van der Waals surface area (Å²) in [6, 6.07) is 0. The Kier molecular flexibility index (Phi) is 5.61. The van der Waals surface area contributed by atoms with Gasteiger partial charge in [-0.15, -0.1) is 0 Å². The molecule has 0 radical (unpaired) electrons. The molecule has 13 heteroatoms. The van der Waals surface area contributed by atoms with Crippen molar-refractivity contribution in [3.05, 3.63) is 9.66 Å². The summed E-state index contributed by atoms with van der Waals surface area (Å²) in [7, 11) is 0. The highest BCUT2D eigenvalue weighted by molar-refractivity contribution is 14.1. The van der Waals surface area contributed by atoms with Gasteiger partial charge in [-0.2, -0.15) is 43.9 Å². The van der Waals surface area contributed by atoms with Gasteiger partial charge >= 0.3 is 29.9 Å². The predicted octanol–water partition coefficient (Wildman–Crippen LogP) is 4.40. The molecule has 0 aliphatic carbocycles. The third-order valence-corrected chi connectivity index (χ3v) is 2.77. The van der Waals surface area contributed by atoms with E-state index in [9.17, 15) is 48.3 Å². The summed E-state index contributed by atoms with van der Waals surface area (Å²) in [5.41, 5.74) is -7.47. The molecule has 0 aliphatic heterocycles. The average Bonchev–Trinajstić information content (AvgIpc) is 2.23. The third kappa shape index (κ3) is 3.37. The highest BCUT2D eigenvalue weighted by Crippen LogP contribution is 2.59. The van der Waals surface area contributed by atoms with E-state index >= 15 is 0 Å². The minimum Gasteiger partial charge on any atom is -0.391 e. The SMILES string of the molecule is OC/C(I)=C/C(F)(F)C(F)(F)C(F)(C(F)(F)F)C(F)(F)F. The Morgan fingerprint density at radius 3 is 1.38 bits per heavy atom. The quantitative estimate of drug-likeness (QED) is 0.496. The topological polar surface area (TPSA) is 20.2 Å². The maximum atomic E-state index is 13.1. The van der Waals surface area contributed by atoms with Crippen molar-refractivity contribution in [3.8, 4) is 0 Å². The lowest BCUT2D eigenvalue weighted by Gasteiger charge is -2.38. The van der Waals surface area contributed by atoms with Crippen molar-refractivity contribution in [2.24, 2.45) is 0 Å². The van der Waals surface area contributed by atoms with Gasteiger partial charge in [-0.05, 0) is 22.6 Å². The molecule has 0 aromatic rings. The second-order valence-corrected chi connectivity index (χ2v) is 4.99. The summed E-state index contributed by atoms with van der Waals surface area (Å²) in [5, 5.41) is 8.29. The molecule has 0 aromatic heterocycles. The van der Waals surface area contributed by atoms with Crippen LogP contribution < -0.4 is 0 Å². The molecule has 0 heterocycles. The van der Waals surface area contributed by atoms with Crippen LogP contribution in [-0.2, 0) is 0 Å². The smallest absolute Gasteiger partial charge is 0.391 e. The van der Waals surface area contributed by atoms with Gasteiger partial charge < -0.3 is 5.11 Å². The summed E-state index contributed by atoms with van der Waals surface area (Å²) in [4.78, 5) is 0. The van der Waals surface area contributed by atoms with Gasteiger partial charge in [0.2, 0.25) is 0 Å². The molecule has 0 aromatic carbocycles. The van der Waals surface area contributed by atoms with Gasteiger partial charge in [-0.3, -0.25) is 0 Å². The summed E-state index contributed by atoms with van der Waals surface area (Å²) < 4.78 is 136. The second kappa shape index (κ2) is 5.70. The van der Waals surface area contributed by atoms with Crippen molar-refractivity contribution < 1.29 is 53.4 Å². The van der Waals surface area contributed by atoms with E-state index in [0.29, 0.717) is 0 Å². The van der Waals surface area contributed by atoms with Gasteiger partial charge in [0.1, 0.15) is 0 Å². The largest absolute Gasteiger partial charge is 0.438 e. The minimum atomic E-state index is -7.47. The van der Waals surface area contributed by atoms with Crippen molar-refractivity contribution in [2.45, 2.75) is 29.9 Å². The molecule has 1 nitrogen and oxygen atoms in total. The number of hydrogen-bond acceptors (Lipinski definition) is 1. The molecule has 0 bridgehead atoms. The first kappa shape index (κ1) is 20.7. The predicted molar refractivity (Wildman–Crippen MR) is 55.0 cm³/mol. The van der Waals surface area contributed by atoms with E-state index in [0.717, 1.165) is 22.6 Å². The van der Waals surface area contributed by atoms with Crippen LogP contribution in [0.5, 0.6) is 0 Å². The lowest BCUT2D eigenvalue weighted by molar-refractivity contribution is -0.420. The Hall–Kier alpha value is -0.340. The van der Waals surface area contributed by atoms with Crippen LogP contribution in [-0.4, -0.2) is 41.6 Å². The summed E-state index contributed by atoms with van der Waals surface area (Å²) >= 11 is 0.754. The van der Waals surface area contributed by atoms with Crippen LogP contribution in [0.2, 0.25) is 0 Å². The lowest BCUT2D eigenvalue weighted by atomic mass is 9.90. The van der Waals surface area contributed by atoms with Gasteiger partial charge in [-0.25, -0.2) is 4.39 Å². The first-order chi connectivity index (χ1) is 8.95. The Balaban J connectivity index is 6.28.